The number of carbonyl (C=O) groups excluding carboxylic acids is 1. The maximum Gasteiger partial charge on any atom is 0.341 e. The molecule has 25 heavy (non-hydrogen) atoms. The maximum absolute atomic E-state index is 13.9. The molecule has 1 aromatic carbocycles. The van der Waals surface area contributed by atoms with Crippen LogP contribution in [0.25, 0.3) is 11.3 Å². The normalized spacial score (nSPS) is 12.6. The predicted molar refractivity (Wildman–Crippen MR) is 97.8 cm³/mol. The summed E-state index contributed by atoms with van der Waals surface area (Å²) in [6, 6.07) is 4.83. The van der Waals surface area contributed by atoms with E-state index < -0.39 is 0 Å². The highest BCUT2D eigenvalue weighted by Crippen LogP contribution is 2.43. The van der Waals surface area contributed by atoms with Crippen LogP contribution in [0.3, 0.4) is 0 Å². The molecule has 5 nitrogen and oxygen atoms in total. The lowest BCUT2D eigenvalue weighted by Gasteiger charge is -2.31. The number of halogens is 1. The number of ether oxygens (including phenoxy) is 1. The number of H-pyrrole nitrogens is 1. The summed E-state index contributed by atoms with van der Waals surface area (Å²) >= 11 is 0. The Hall–Kier alpha value is -2.50. The molecular formula is C19H24FN3O2. The summed E-state index contributed by atoms with van der Waals surface area (Å²) in [6.45, 7) is 3.60. The molecule has 0 fully saturated rings. The van der Waals surface area contributed by atoms with E-state index in [9.17, 15) is 9.18 Å². The zero-order chi connectivity index (χ0) is 18.1. The van der Waals surface area contributed by atoms with E-state index in [1.54, 1.807) is 0 Å². The summed E-state index contributed by atoms with van der Waals surface area (Å²) in [5.74, 6) is 0.0172. The number of aromatic nitrogens is 1. The number of rotatable bonds is 5. The molecule has 134 valence electrons. The topological polar surface area (TPSA) is 48.6 Å². The lowest BCUT2D eigenvalue weighted by atomic mass is 9.97. The van der Waals surface area contributed by atoms with Crippen molar-refractivity contribution in [2.24, 2.45) is 0 Å². The number of nitrogens with one attached hydrogen (secondary N) is 1. The van der Waals surface area contributed by atoms with Gasteiger partial charge in [0, 0.05) is 44.0 Å². The molecule has 0 aliphatic carbocycles. The zero-order valence-electron chi connectivity index (χ0n) is 15.1. The van der Waals surface area contributed by atoms with E-state index in [0.29, 0.717) is 17.9 Å². The van der Waals surface area contributed by atoms with Gasteiger partial charge in [-0.05, 0) is 24.6 Å². The summed E-state index contributed by atoms with van der Waals surface area (Å²) in [6.07, 6.45) is 2.10. The van der Waals surface area contributed by atoms with Crippen LogP contribution in [0, 0.1) is 5.82 Å². The Balaban J connectivity index is 2.21. The minimum Gasteiger partial charge on any atom is -0.465 e. The van der Waals surface area contributed by atoms with E-state index in [4.69, 9.17) is 4.74 Å². The highest BCUT2D eigenvalue weighted by molar-refractivity contribution is 6.01. The van der Waals surface area contributed by atoms with Crippen LogP contribution in [0.5, 0.6) is 0 Å². The van der Waals surface area contributed by atoms with Gasteiger partial charge in [-0.15, -0.1) is 0 Å². The van der Waals surface area contributed by atoms with Gasteiger partial charge in [-0.25, -0.2) is 9.18 Å². The van der Waals surface area contributed by atoms with Gasteiger partial charge in [0.2, 0.25) is 0 Å². The van der Waals surface area contributed by atoms with Gasteiger partial charge in [0.15, 0.2) is 0 Å². The summed E-state index contributed by atoms with van der Waals surface area (Å²) in [5.41, 5.74) is 3.97. The van der Waals surface area contributed by atoms with Crippen LogP contribution in [-0.2, 0) is 11.3 Å². The van der Waals surface area contributed by atoms with Gasteiger partial charge in [-0.2, -0.15) is 0 Å². The second kappa shape index (κ2) is 6.78. The third kappa shape index (κ3) is 2.97. The van der Waals surface area contributed by atoms with E-state index in [-0.39, 0.29) is 11.8 Å². The summed E-state index contributed by atoms with van der Waals surface area (Å²) in [7, 11) is 5.11. The van der Waals surface area contributed by atoms with Crippen molar-refractivity contribution in [1.82, 2.24) is 4.98 Å². The zero-order valence-corrected chi connectivity index (χ0v) is 15.1. The molecule has 3 rings (SSSR count). The number of nitrogens with zero attached hydrogens (tertiary/aromatic N) is 2. The Morgan fingerprint density at radius 2 is 2.16 bits per heavy atom. The Labute approximate surface area is 147 Å². The molecule has 0 amide bonds. The number of fused-ring (bicyclic) bond motifs is 3. The fraction of sp³-hybridized carbons (Fsp3) is 0.421. The van der Waals surface area contributed by atoms with Gasteiger partial charge >= 0.3 is 5.97 Å². The van der Waals surface area contributed by atoms with Crippen molar-refractivity contribution >= 4 is 17.5 Å². The predicted octanol–water partition coefficient (Wildman–Crippen LogP) is 3.79. The number of esters is 1. The van der Waals surface area contributed by atoms with E-state index in [2.05, 4.69) is 16.8 Å². The van der Waals surface area contributed by atoms with E-state index in [1.165, 1.54) is 19.2 Å². The summed E-state index contributed by atoms with van der Waals surface area (Å²) < 4.78 is 18.9. The second-order valence-corrected chi connectivity index (χ2v) is 6.52. The number of anilines is 2. The van der Waals surface area contributed by atoms with Crippen LogP contribution in [-0.4, -0.2) is 38.7 Å². The lowest BCUT2D eigenvalue weighted by Crippen LogP contribution is -2.28. The highest BCUT2D eigenvalue weighted by Gasteiger charge is 2.32. The lowest BCUT2D eigenvalue weighted by molar-refractivity contribution is 0.0600. The van der Waals surface area contributed by atoms with Crippen molar-refractivity contribution in [3.63, 3.8) is 0 Å². The van der Waals surface area contributed by atoms with Gasteiger partial charge in [-0.3, -0.25) is 0 Å². The van der Waals surface area contributed by atoms with Gasteiger partial charge in [0.05, 0.1) is 12.8 Å². The molecule has 1 aliphatic rings. The first kappa shape index (κ1) is 17.3. The number of methoxy groups -OCH3 is 1. The highest BCUT2D eigenvalue weighted by atomic mass is 19.1. The average molecular weight is 345 g/mol. The number of hydrogen-bond acceptors (Lipinski definition) is 4. The van der Waals surface area contributed by atoms with Gasteiger partial charge in [0.25, 0.3) is 0 Å². The molecule has 1 N–H and O–H groups in total. The van der Waals surface area contributed by atoms with Gasteiger partial charge < -0.3 is 19.5 Å². The van der Waals surface area contributed by atoms with Crippen LogP contribution in [0.4, 0.5) is 15.9 Å². The smallest absolute Gasteiger partial charge is 0.341 e. The fourth-order valence-electron chi connectivity index (χ4n) is 3.38. The number of carbonyl (C=O) groups is 1. The summed E-state index contributed by atoms with van der Waals surface area (Å²) in [4.78, 5) is 19.8. The standard InChI is InChI=1S/C19H24FN3O2/c1-5-6-9-23-11-14-16(19(24)25-4)18(22(2)3)21-17(14)13-10-12(20)7-8-15(13)23/h7-8,10,21H,5-6,9,11H2,1-4H3. The van der Waals surface area contributed by atoms with Gasteiger partial charge in [0.1, 0.15) is 17.2 Å². The van der Waals surface area contributed by atoms with Crippen LogP contribution in [0.15, 0.2) is 18.2 Å². The first-order chi connectivity index (χ1) is 12.0. The Kier molecular flexibility index (Phi) is 4.70. The number of benzene rings is 1. The van der Waals surface area contributed by atoms with Crippen molar-refractivity contribution < 1.29 is 13.9 Å². The molecule has 0 radical (unpaired) electrons. The summed E-state index contributed by atoms with van der Waals surface area (Å²) in [5, 5.41) is 0. The Morgan fingerprint density at radius 3 is 2.80 bits per heavy atom. The first-order valence-corrected chi connectivity index (χ1v) is 8.53. The van der Waals surface area contributed by atoms with Crippen molar-refractivity contribution in [2.75, 3.05) is 37.5 Å². The second-order valence-electron chi connectivity index (χ2n) is 6.52. The van der Waals surface area contributed by atoms with Crippen molar-refractivity contribution in [3.05, 3.63) is 35.1 Å². The maximum atomic E-state index is 13.9. The SMILES string of the molecule is CCCCN1Cc2c([nH]c(N(C)C)c2C(=O)OC)-c2cc(F)ccc21. The van der Waals surface area contributed by atoms with Crippen molar-refractivity contribution in [3.8, 4) is 11.3 Å². The fourth-order valence-corrected chi connectivity index (χ4v) is 3.38. The third-order valence-corrected chi connectivity index (χ3v) is 4.62. The van der Waals surface area contributed by atoms with E-state index in [0.717, 1.165) is 41.9 Å². The molecular weight excluding hydrogens is 321 g/mol. The number of hydrogen-bond donors (Lipinski definition) is 1. The van der Waals surface area contributed by atoms with Crippen LogP contribution < -0.4 is 9.80 Å². The number of unbranched alkanes of at least 4 members (excludes halogenated alkanes) is 1. The molecule has 6 heteroatoms. The van der Waals surface area contributed by atoms with Crippen molar-refractivity contribution in [2.45, 2.75) is 26.3 Å². The minimum atomic E-state index is -0.378. The minimum absolute atomic E-state index is 0.289. The average Bonchev–Trinajstić information content (AvgIpc) is 2.98. The molecule has 2 aromatic rings. The molecule has 0 bridgehead atoms. The molecule has 1 aliphatic heterocycles. The molecule has 0 saturated carbocycles. The number of aromatic amines is 1. The largest absolute Gasteiger partial charge is 0.465 e. The van der Waals surface area contributed by atoms with Crippen LogP contribution in [0.2, 0.25) is 0 Å². The molecule has 0 spiro atoms. The quantitative estimate of drug-likeness (QED) is 0.838. The van der Waals surface area contributed by atoms with Crippen LogP contribution >= 0.6 is 0 Å². The Morgan fingerprint density at radius 1 is 1.40 bits per heavy atom. The molecule has 2 heterocycles. The molecule has 0 unspecified atom stereocenters. The third-order valence-electron chi connectivity index (χ3n) is 4.62. The first-order valence-electron chi connectivity index (χ1n) is 8.53. The van der Waals surface area contributed by atoms with E-state index >= 15 is 0 Å². The molecule has 0 saturated heterocycles. The van der Waals surface area contributed by atoms with Crippen molar-refractivity contribution in [1.29, 1.82) is 0 Å². The Bertz CT molecular complexity index is 798. The van der Waals surface area contributed by atoms with Crippen LogP contribution in [0.1, 0.15) is 35.7 Å². The molecule has 1 aromatic heterocycles. The van der Waals surface area contributed by atoms with E-state index in [1.807, 2.05) is 25.1 Å². The van der Waals surface area contributed by atoms with Gasteiger partial charge in [-0.1, -0.05) is 13.3 Å². The molecule has 0 atom stereocenters. The monoisotopic (exact) mass is 345 g/mol.